The molecule has 1 amide bonds. The molecule has 2 rings (SSSR count). The Bertz CT molecular complexity index is 594. The van der Waals surface area contributed by atoms with Crippen LogP contribution in [0.2, 0.25) is 0 Å². The van der Waals surface area contributed by atoms with Crippen molar-refractivity contribution in [2.45, 2.75) is 12.8 Å². The van der Waals surface area contributed by atoms with E-state index in [4.69, 9.17) is 5.11 Å². The van der Waals surface area contributed by atoms with Gasteiger partial charge in [-0.25, -0.2) is 0 Å². The van der Waals surface area contributed by atoms with Gasteiger partial charge in [0.25, 0.3) is 5.69 Å². The Morgan fingerprint density at radius 1 is 1.14 bits per heavy atom. The number of carbonyl (C=O) groups is 2. The van der Waals surface area contributed by atoms with Crippen LogP contribution in [-0.4, -0.2) is 21.9 Å². The van der Waals surface area contributed by atoms with Gasteiger partial charge in [-0.2, -0.15) is 0 Å². The van der Waals surface area contributed by atoms with Crippen LogP contribution in [0.15, 0.2) is 36.4 Å². The number of aliphatic carboxylic acids is 1. The Hall–Kier alpha value is -2.70. The molecule has 21 heavy (non-hydrogen) atoms. The van der Waals surface area contributed by atoms with Crippen LogP contribution in [0.4, 0.5) is 11.4 Å². The zero-order chi connectivity index (χ0) is 15.4. The molecule has 0 aromatic heterocycles. The fraction of sp³-hybridized carbons (Fsp3) is 0.286. The molecule has 0 fully saturated rings. The molecule has 0 spiro atoms. The zero-order valence-corrected chi connectivity index (χ0v) is 11.1. The van der Waals surface area contributed by atoms with Gasteiger partial charge in [-0.15, -0.1) is 0 Å². The number of nitro groups is 1. The molecule has 0 unspecified atom stereocenters. The molecule has 0 radical (unpaired) electrons. The minimum atomic E-state index is -0.997. The first-order chi connectivity index (χ1) is 9.99. The highest BCUT2D eigenvalue weighted by molar-refractivity contribution is 5.95. The lowest BCUT2D eigenvalue weighted by molar-refractivity contribution is -0.384. The van der Waals surface area contributed by atoms with Gasteiger partial charge in [0.15, 0.2) is 0 Å². The number of hydrogen-bond donors (Lipinski definition) is 2. The van der Waals surface area contributed by atoms with Gasteiger partial charge in [0.2, 0.25) is 5.91 Å². The van der Waals surface area contributed by atoms with E-state index in [-0.39, 0.29) is 11.6 Å². The Balaban J connectivity index is 2.08. The number of rotatable bonds is 4. The van der Waals surface area contributed by atoms with Crippen molar-refractivity contribution in [3.8, 4) is 0 Å². The van der Waals surface area contributed by atoms with Gasteiger partial charge in [-0.1, -0.05) is 12.2 Å². The maximum Gasteiger partial charge on any atom is 0.307 e. The number of hydrogen-bond acceptors (Lipinski definition) is 4. The molecule has 1 aliphatic carbocycles. The van der Waals surface area contributed by atoms with E-state index in [0.29, 0.717) is 18.5 Å². The second-order valence-corrected chi connectivity index (χ2v) is 4.79. The quantitative estimate of drug-likeness (QED) is 0.502. The Morgan fingerprint density at radius 3 is 2.24 bits per heavy atom. The van der Waals surface area contributed by atoms with Crippen LogP contribution >= 0.6 is 0 Å². The molecule has 2 N–H and O–H groups in total. The number of nitrogens with one attached hydrogen (secondary N) is 1. The number of benzene rings is 1. The molecular formula is C14H14N2O5. The lowest BCUT2D eigenvalue weighted by atomic mass is 9.82. The maximum absolute atomic E-state index is 12.2. The number of allylic oxidation sites excluding steroid dienone is 2. The van der Waals surface area contributed by atoms with E-state index in [1.54, 1.807) is 12.2 Å². The first-order valence-corrected chi connectivity index (χ1v) is 6.42. The highest BCUT2D eigenvalue weighted by Crippen LogP contribution is 2.27. The molecular weight excluding hydrogens is 276 g/mol. The van der Waals surface area contributed by atoms with Crippen molar-refractivity contribution in [2.24, 2.45) is 11.8 Å². The summed E-state index contributed by atoms with van der Waals surface area (Å²) in [7, 11) is 0. The van der Waals surface area contributed by atoms with E-state index in [2.05, 4.69) is 5.32 Å². The molecule has 0 bridgehead atoms. The fourth-order valence-electron chi connectivity index (χ4n) is 2.28. The second kappa shape index (κ2) is 6.17. The van der Waals surface area contributed by atoms with Gasteiger partial charge in [0.05, 0.1) is 16.8 Å². The highest BCUT2D eigenvalue weighted by atomic mass is 16.6. The monoisotopic (exact) mass is 290 g/mol. The predicted molar refractivity (Wildman–Crippen MR) is 74.7 cm³/mol. The van der Waals surface area contributed by atoms with Crippen molar-refractivity contribution in [1.29, 1.82) is 0 Å². The molecule has 2 atom stereocenters. The highest BCUT2D eigenvalue weighted by Gasteiger charge is 2.33. The lowest BCUT2D eigenvalue weighted by Crippen LogP contribution is -2.34. The summed E-state index contributed by atoms with van der Waals surface area (Å²) in [5, 5.41) is 22.3. The molecule has 1 aromatic rings. The minimum absolute atomic E-state index is 0.0722. The normalized spacial score (nSPS) is 20.8. The van der Waals surface area contributed by atoms with E-state index in [9.17, 15) is 19.7 Å². The average molecular weight is 290 g/mol. The molecule has 1 aliphatic rings. The number of carboxylic acid groups (broad SMARTS) is 1. The van der Waals surface area contributed by atoms with Crippen LogP contribution in [0.3, 0.4) is 0 Å². The van der Waals surface area contributed by atoms with Crippen molar-refractivity contribution >= 4 is 23.3 Å². The zero-order valence-electron chi connectivity index (χ0n) is 11.1. The first-order valence-electron chi connectivity index (χ1n) is 6.42. The Kier molecular flexibility index (Phi) is 4.32. The Labute approximate surface area is 120 Å². The topological polar surface area (TPSA) is 110 Å². The summed E-state index contributed by atoms with van der Waals surface area (Å²) < 4.78 is 0. The molecule has 1 aromatic carbocycles. The smallest absolute Gasteiger partial charge is 0.307 e. The third-order valence-corrected chi connectivity index (χ3v) is 3.43. The van der Waals surface area contributed by atoms with Gasteiger partial charge in [-0.3, -0.25) is 19.7 Å². The third kappa shape index (κ3) is 3.44. The summed E-state index contributed by atoms with van der Waals surface area (Å²) in [6.45, 7) is 0. The van der Waals surface area contributed by atoms with Crippen LogP contribution < -0.4 is 5.32 Å². The van der Waals surface area contributed by atoms with Gasteiger partial charge >= 0.3 is 5.97 Å². The van der Waals surface area contributed by atoms with Crippen molar-refractivity contribution in [2.75, 3.05) is 5.32 Å². The van der Waals surface area contributed by atoms with Gasteiger partial charge in [0.1, 0.15) is 0 Å². The SMILES string of the molecule is O=C(Nc1ccc([N+](=O)[O-])cc1)[C@H]1CC=CC[C@H]1C(=O)O. The van der Waals surface area contributed by atoms with E-state index in [1.807, 2.05) is 0 Å². The van der Waals surface area contributed by atoms with E-state index in [0.717, 1.165) is 0 Å². The molecule has 0 aliphatic heterocycles. The van der Waals surface area contributed by atoms with E-state index in [1.165, 1.54) is 24.3 Å². The van der Waals surface area contributed by atoms with Crippen LogP contribution in [0.25, 0.3) is 0 Å². The molecule has 7 heteroatoms. The van der Waals surface area contributed by atoms with Crippen molar-refractivity contribution < 1.29 is 19.6 Å². The average Bonchev–Trinajstić information content (AvgIpc) is 2.47. The number of non-ortho nitro benzene ring substituents is 1. The summed E-state index contributed by atoms with van der Waals surface area (Å²) in [5.74, 6) is -2.76. The fourth-order valence-corrected chi connectivity index (χ4v) is 2.28. The van der Waals surface area contributed by atoms with Gasteiger partial charge in [0, 0.05) is 17.8 Å². The molecule has 7 nitrogen and oxygen atoms in total. The van der Waals surface area contributed by atoms with Gasteiger partial charge < -0.3 is 10.4 Å². The van der Waals surface area contributed by atoms with E-state index >= 15 is 0 Å². The number of carbonyl (C=O) groups excluding carboxylic acids is 1. The molecule has 110 valence electrons. The van der Waals surface area contributed by atoms with Crippen molar-refractivity contribution in [3.05, 3.63) is 46.5 Å². The van der Waals surface area contributed by atoms with E-state index < -0.39 is 22.7 Å². The van der Waals surface area contributed by atoms with Crippen LogP contribution in [0.1, 0.15) is 12.8 Å². The van der Waals surface area contributed by atoms with Crippen molar-refractivity contribution in [1.82, 2.24) is 0 Å². The molecule has 0 saturated carbocycles. The standard InChI is InChI=1S/C14H14N2O5/c17-13(11-3-1-2-4-12(11)14(18)19)15-9-5-7-10(8-6-9)16(20)21/h1-2,5-8,11-12H,3-4H2,(H,15,17)(H,18,19)/t11-,12+/m0/s1. The van der Waals surface area contributed by atoms with Crippen LogP contribution in [-0.2, 0) is 9.59 Å². The van der Waals surface area contributed by atoms with Gasteiger partial charge in [-0.05, 0) is 25.0 Å². The number of nitro benzene ring substituents is 1. The summed E-state index contributed by atoms with van der Waals surface area (Å²) in [5.41, 5.74) is 0.335. The molecule has 0 saturated heterocycles. The number of nitrogens with zero attached hydrogens (tertiary/aromatic N) is 1. The summed E-state index contributed by atoms with van der Waals surface area (Å²) in [6.07, 6.45) is 4.25. The third-order valence-electron chi connectivity index (χ3n) is 3.43. The minimum Gasteiger partial charge on any atom is -0.481 e. The first kappa shape index (κ1) is 14.7. The number of amides is 1. The van der Waals surface area contributed by atoms with Crippen LogP contribution in [0, 0.1) is 22.0 Å². The largest absolute Gasteiger partial charge is 0.481 e. The summed E-state index contributed by atoms with van der Waals surface area (Å²) >= 11 is 0. The lowest BCUT2D eigenvalue weighted by Gasteiger charge is -2.24. The van der Waals surface area contributed by atoms with Crippen LogP contribution in [0.5, 0.6) is 0 Å². The Morgan fingerprint density at radius 2 is 1.71 bits per heavy atom. The number of carboxylic acids is 1. The maximum atomic E-state index is 12.2. The second-order valence-electron chi connectivity index (χ2n) is 4.79. The summed E-state index contributed by atoms with van der Waals surface area (Å²) in [6, 6.07) is 5.41. The number of anilines is 1. The predicted octanol–water partition coefficient (Wildman–Crippen LogP) is 2.20. The van der Waals surface area contributed by atoms with Crippen molar-refractivity contribution in [3.63, 3.8) is 0 Å². The summed E-state index contributed by atoms with van der Waals surface area (Å²) in [4.78, 5) is 33.3. The molecule has 0 heterocycles.